The summed E-state index contributed by atoms with van der Waals surface area (Å²) in [6, 6.07) is 0. The third kappa shape index (κ3) is 1.88. The van der Waals surface area contributed by atoms with Crippen LogP contribution in [0.4, 0.5) is 0 Å². The third-order valence-electron chi connectivity index (χ3n) is 2.03. The van der Waals surface area contributed by atoms with Gasteiger partial charge in [-0.25, -0.2) is 4.79 Å². The van der Waals surface area contributed by atoms with Crippen LogP contribution in [0, 0.1) is 0 Å². The Hall–Kier alpha value is -1.49. The number of hydrogen-bond acceptors (Lipinski definition) is 4. The number of rotatable bonds is 4. The highest BCUT2D eigenvalue weighted by Gasteiger charge is 2.35. The van der Waals surface area contributed by atoms with Gasteiger partial charge < -0.3 is 5.11 Å². The Labute approximate surface area is 82.2 Å². The summed E-state index contributed by atoms with van der Waals surface area (Å²) in [4.78, 5) is 18.9. The number of carbonyl (C=O) groups is 1. The van der Waals surface area contributed by atoms with E-state index in [2.05, 4.69) is 15.3 Å². The van der Waals surface area contributed by atoms with Crippen molar-refractivity contribution in [3.8, 4) is 0 Å². The Morgan fingerprint density at radius 2 is 2.36 bits per heavy atom. The lowest BCUT2D eigenvalue weighted by Crippen LogP contribution is -2.47. The highest BCUT2D eigenvalue weighted by atomic mass is 16.4. The average molecular weight is 195 g/mol. The zero-order valence-corrected chi connectivity index (χ0v) is 8.19. The maximum atomic E-state index is 11.1. The number of aliphatic carboxylic acids is 1. The molecule has 1 rings (SSSR count). The molecule has 0 aliphatic carbocycles. The second-order valence-electron chi connectivity index (χ2n) is 3.05. The van der Waals surface area contributed by atoms with Crippen LogP contribution in [0.25, 0.3) is 0 Å². The Balaban J connectivity index is 3.06. The number of carboxylic acid groups (broad SMARTS) is 1. The predicted molar refractivity (Wildman–Crippen MR) is 50.7 cm³/mol. The van der Waals surface area contributed by atoms with Gasteiger partial charge in [0.25, 0.3) is 0 Å². The van der Waals surface area contributed by atoms with Crippen LogP contribution in [0.15, 0.2) is 18.6 Å². The van der Waals surface area contributed by atoms with Crippen LogP contribution in [0.2, 0.25) is 0 Å². The van der Waals surface area contributed by atoms with E-state index >= 15 is 0 Å². The minimum Gasteiger partial charge on any atom is -0.480 e. The van der Waals surface area contributed by atoms with Gasteiger partial charge in [0, 0.05) is 12.4 Å². The fourth-order valence-corrected chi connectivity index (χ4v) is 1.19. The predicted octanol–water partition coefficient (Wildman–Crippen LogP) is 0.386. The second-order valence-corrected chi connectivity index (χ2v) is 3.05. The van der Waals surface area contributed by atoms with Gasteiger partial charge >= 0.3 is 5.97 Å². The number of nitrogens with zero attached hydrogens (tertiary/aromatic N) is 2. The summed E-state index contributed by atoms with van der Waals surface area (Å²) < 4.78 is 0. The first-order chi connectivity index (χ1) is 6.61. The summed E-state index contributed by atoms with van der Waals surface area (Å²) in [5.74, 6) is -0.958. The van der Waals surface area contributed by atoms with Gasteiger partial charge in [0.2, 0.25) is 0 Å². The molecule has 1 aromatic heterocycles. The fraction of sp³-hybridized carbons (Fsp3) is 0.444. The van der Waals surface area contributed by atoms with Crippen molar-refractivity contribution < 1.29 is 9.90 Å². The minimum absolute atomic E-state index is 0.411. The van der Waals surface area contributed by atoms with Gasteiger partial charge in [-0.3, -0.25) is 15.3 Å². The molecule has 0 radical (unpaired) electrons. The van der Waals surface area contributed by atoms with Crippen molar-refractivity contribution >= 4 is 5.97 Å². The van der Waals surface area contributed by atoms with E-state index in [9.17, 15) is 4.79 Å². The first-order valence-electron chi connectivity index (χ1n) is 4.36. The fourth-order valence-electron chi connectivity index (χ4n) is 1.19. The van der Waals surface area contributed by atoms with Gasteiger partial charge in [-0.05, 0) is 13.5 Å². The molecule has 0 aliphatic heterocycles. The molecule has 14 heavy (non-hydrogen) atoms. The molecule has 1 heterocycles. The van der Waals surface area contributed by atoms with Gasteiger partial charge in [-0.15, -0.1) is 0 Å². The summed E-state index contributed by atoms with van der Waals surface area (Å²) >= 11 is 0. The molecule has 1 atom stereocenters. The number of likely N-dealkylation sites (N-methyl/N-ethyl adjacent to an activating group) is 1. The van der Waals surface area contributed by atoms with Crippen molar-refractivity contribution in [2.75, 3.05) is 6.54 Å². The molecule has 1 unspecified atom stereocenters. The summed E-state index contributed by atoms with van der Waals surface area (Å²) in [5, 5.41) is 12.0. The number of carboxylic acids is 1. The van der Waals surface area contributed by atoms with Crippen molar-refractivity contribution in [1.82, 2.24) is 15.3 Å². The van der Waals surface area contributed by atoms with Crippen LogP contribution >= 0.6 is 0 Å². The summed E-state index contributed by atoms with van der Waals surface area (Å²) in [6.07, 6.45) is 4.45. The number of hydrogen-bond donors (Lipinski definition) is 2. The lowest BCUT2D eigenvalue weighted by molar-refractivity contribution is -0.144. The zero-order chi connectivity index (χ0) is 10.6. The molecule has 0 spiro atoms. The van der Waals surface area contributed by atoms with E-state index in [1.165, 1.54) is 18.6 Å². The van der Waals surface area contributed by atoms with Crippen molar-refractivity contribution in [3.63, 3.8) is 0 Å². The monoisotopic (exact) mass is 195 g/mol. The molecule has 0 aromatic carbocycles. The highest BCUT2D eigenvalue weighted by Crippen LogP contribution is 2.17. The SMILES string of the molecule is CCNC(C)(C(=O)O)c1cnccn1. The largest absolute Gasteiger partial charge is 0.480 e. The molecule has 0 fully saturated rings. The average Bonchev–Trinajstić information content (AvgIpc) is 2.19. The molecule has 5 nitrogen and oxygen atoms in total. The van der Waals surface area contributed by atoms with E-state index in [4.69, 9.17) is 5.11 Å². The summed E-state index contributed by atoms with van der Waals surface area (Å²) in [6.45, 7) is 3.97. The highest BCUT2D eigenvalue weighted by molar-refractivity contribution is 5.79. The van der Waals surface area contributed by atoms with E-state index < -0.39 is 11.5 Å². The van der Waals surface area contributed by atoms with Gasteiger partial charge in [0.05, 0.1) is 11.9 Å². The summed E-state index contributed by atoms with van der Waals surface area (Å²) in [7, 11) is 0. The van der Waals surface area contributed by atoms with Crippen molar-refractivity contribution in [1.29, 1.82) is 0 Å². The maximum absolute atomic E-state index is 11.1. The normalized spacial score (nSPS) is 14.7. The first kappa shape index (κ1) is 10.6. The Bertz CT molecular complexity index is 315. The van der Waals surface area contributed by atoms with Gasteiger partial charge in [0.15, 0.2) is 5.54 Å². The molecule has 0 aliphatic rings. The molecule has 2 N–H and O–H groups in total. The van der Waals surface area contributed by atoms with Crippen molar-refractivity contribution in [3.05, 3.63) is 24.3 Å². The van der Waals surface area contributed by atoms with Crippen LogP contribution in [-0.4, -0.2) is 27.6 Å². The molecule has 0 saturated heterocycles. The Morgan fingerprint density at radius 1 is 1.64 bits per heavy atom. The second kappa shape index (κ2) is 4.15. The van der Waals surface area contributed by atoms with Gasteiger partial charge in [0.1, 0.15) is 0 Å². The standard InChI is InChI=1S/C9H13N3O2/c1-3-12-9(2,8(13)14)7-6-10-4-5-11-7/h4-6,12H,3H2,1-2H3,(H,13,14). The van der Waals surface area contributed by atoms with Crippen LogP contribution in [0.1, 0.15) is 19.5 Å². The van der Waals surface area contributed by atoms with Gasteiger partial charge in [-0.2, -0.15) is 0 Å². The molecular weight excluding hydrogens is 182 g/mol. The lowest BCUT2D eigenvalue weighted by atomic mass is 9.98. The van der Waals surface area contributed by atoms with E-state index in [-0.39, 0.29) is 0 Å². The first-order valence-corrected chi connectivity index (χ1v) is 4.36. The number of aromatic nitrogens is 2. The lowest BCUT2D eigenvalue weighted by Gasteiger charge is -2.24. The molecule has 0 amide bonds. The van der Waals surface area contributed by atoms with Crippen molar-refractivity contribution in [2.24, 2.45) is 0 Å². The summed E-state index contributed by atoms with van der Waals surface area (Å²) in [5.41, 5.74) is -0.752. The van der Waals surface area contributed by atoms with Gasteiger partial charge in [-0.1, -0.05) is 6.92 Å². The molecule has 0 bridgehead atoms. The maximum Gasteiger partial charge on any atom is 0.329 e. The zero-order valence-electron chi connectivity index (χ0n) is 8.19. The molecule has 5 heteroatoms. The van der Waals surface area contributed by atoms with E-state index in [1.54, 1.807) is 6.92 Å². The van der Waals surface area contributed by atoms with Crippen LogP contribution in [-0.2, 0) is 10.3 Å². The van der Waals surface area contributed by atoms with Crippen molar-refractivity contribution in [2.45, 2.75) is 19.4 Å². The topological polar surface area (TPSA) is 75.1 Å². The van der Waals surface area contributed by atoms with E-state index in [0.717, 1.165) is 0 Å². The third-order valence-corrected chi connectivity index (χ3v) is 2.03. The quantitative estimate of drug-likeness (QED) is 0.726. The van der Waals surface area contributed by atoms with E-state index in [0.29, 0.717) is 12.2 Å². The van der Waals surface area contributed by atoms with E-state index in [1.807, 2.05) is 6.92 Å². The number of nitrogens with one attached hydrogen (secondary N) is 1. The molecular formula is C9H13N3O2. The van der Waals surface area contributed by atoms with Crippen LogP contribution < -0.4 is 5.32 Å². The van der Waals surface area contributed by atoms with Crippen LogP contribution in [0.3, 0.4) is 0 Å². The van der Waals surface area contributed by atoms with Crippen LogP contribution in [0.5, 0.6) is 0 Å². The Morgan fingerprint density at radius 3 is 2.79 bits per heavy atom. The molecule has 0 saturated carbocycles. The molecule has 1 aromatic rings. The Kier molecular flexibility index (Phi) is 3.14. The minimum atomic E-state index is -1.16. The smallest absolute Gasteiger partial charge is 0.329 e. The molecule has 76 valence electrons.